The Kier molecular flexibility index (Phi) is 6.46. The molecule has 3 aromatic rings. The van der Waals surface area contributed by atoms with Gasteiger partial charge in [0.2, 0.25) is 0 Å². The van der Waals surface area contributed by atoms with Crippen LogP contribution < -0.4 is 4.90 Å². The summed E-state index contributed by atoms with van der Waals surface area (Å²) in [6.07, 6.45) is 4.29. The second-order valence-electron chi connectivity index (χ2n) is 10.4. The summed E-state index contributed by atoms with van der Waals surface area (Å²) in [6, 6.07) is 21.6. The summed E-state index contributed by atoms with van der Waals surface area (Å²) in [5.74, 6) is 0.807. The molecule has 5 nitrogen and oxygen atoms in total. The third kappa shape index (κ3) is 4.30. The van der Waals surface area contributed by atoms with Crippen LogP contribution >= 0.6 is 0 Å². The molecule has 0 amide bonds. The third-order valence-corrected chi connectivity index (χ3v) is 8.41. The van der Waals surface area contributed by atoms with Crippen molar-refractivity contribution in [3.05, 3.63) is 94.0 Å². The van der Waals surface area contributed by atoms with Gasteiger partial charge < -0.3 is 24.2 Å². The summed E-state index contributed by atoms with van der Waals surface area (Å²) in [5, 5.41) is 10.1. The van der Waals surface area contributed by atoms with Crippen molar-refractivity contribution in [2.45, 2.75) is 50.6 Å². The summed E-state index contributed by atoms with van der Waals surface area (Å²) in [4.78, 5) is 2.46. The number of nitrogens with zero attached hydrogens (tertiary/aromatic N) is 1. The van der Waals surface area contributed by atoms with Crippen LogP contribution in [0.15, 0.2) is 60.7 Å². The lowest BCUT2D eigenvalue weighted by Gasteiger charge is -2.37. The number of aryl methyl sites for hydroxylation is 2. The molecule has 188 valence electrons. The Balaban J connectivity index is 1.27. The van der Waals surface area contributed by atoms with Gasteiger partial charge in [-0.15, -0.1) is 0 Å². The number of benzene rings is 3. The SMILES string of the molecule is COC(OC)C1CCN(c2ccc(C3c4ccc(O)cc4COC3c3ccc4c(c3)CC4)cc2)CC1. The zero-order valence-corrected chi connectivity index (χ0v) is 21.2. The van der Waals surface area contributed by atoms with Gasteiger partial charge in [0.05, 0.1) is 12.7 Å². The number of piperidine rings is 1. The molecule has 36 heavy (non-hydrogen) atoms. The Morgan fingerprint density at radius 1 is 0.833 bits per heavy atom. The molecule has 1 aliphatic carbocycles. The molecule has 1 saturated heterocycles. The topological polar surface area (TPSA) is 51.2 Å². The van der Waals surface area contributed by atoms with Crippen LogP contribution in [0.1, 0.15) is 58.2 Å². The van der Waals surface area contributed by atoms with Crippen LogP contribution in [0, 0.1) is 5.92 Å². The van der Waals surface area contributed by atoms with Crippen LogP contribution in [0.2, 0.25) is 0 Å². The molecule has 2 unspecified atom stereocenters. The minimum atomic E-state index is -0.118. The molecule has 0 aromatic heterocycles. The van der Waals surface area contributed by atoms with Gasteiger partial charge in [-0.05, 0) is 83.3 Å². The van der Waals surface area contributed by atoms with E-state index in [4.69, 9.17) is 14.2 Å². The number of fused-ring (bicyclic) bond motifs is 2. The van der Waals surface area contributed by atoms with Crippen LogP contribution in [0.4, 0.5) is 5.69 Å². The van der Waals surface area contributed by atoms with Crippen LogP contribution in [-0.4, -0.2) is 38.7 Å². The Morgan fingerprint density at radius 2 is 1.56 bits per heavy atom. The van der Waals surface area contributed by atoms with Crippen molar-refractivity contribution in [1.29, 1.82) is 0 Å². The van der Waals surface area contributed by atoms with Crippen molar-refractivity contribution >= 4 is 5.69 Å². The smallest absolute Gasteiger partial charge is 0.159 e. The Hall–Kier alpha value is -2.86. The number of methoxy groups -OCH3 is 2. The molecule has 0 spiro atoms. The zero-order chi connectivity index (χ0) is 24.6. The molecule has 1 N–H and O–H groups in total. The van der Waals surface area contributed by atoms with Crippen molar-refractivity contribution < 1.29 is 19.3 Å². The van der Waals surface area contributed by atoms with Gasteiger partial charge in [-0.2, -0.15) is 0 Å². The second kappa shape index (κ2) is 9.89. The van der Waals surface area contributed by atoms with Crippen molar-refractivity contribution in [2.24, 2.45) is 5.92 Å². The highest BCUT2D eigenvalue weighted by atomic mass is 16.7. The lowest BCUT2D eigenvalue weighted by Crippen LogP contribution is -2.39. The average Bonchev–Trinajstić information content (AvgIpc) is 2.90. The van der Waals surface area contributed by atoms with Gasteiger partial charge in [0.1, 0.15) is 5.75 Å². The predicted molar refractivity (Wildman–Crippen MR) is 141 cm³/mol. The highest BCUT2D eigenvalue weighted by molar-refractivity contribution is 5.52. The summed E-state index contributed by atoms with van der Waals surface area (Å²) in [5.41, 5.74) is 8.97. The van der Waals surface area contributed by atoms with Crippen LogP contribution in [0.25, 0.3) is 0 Å². The van der Waals surface area contributed by atoms with E-state index in [1.807, 2.05) is 6.07 Å². The first-order valence-electron chi connectivity index (χ1n) is 13.1. The van der Waals surface area contributed by atoms with E-state index < -0.39 is 0 Å². The van der Waals surface area contributed by atoms with Crippen LogP contribution in [0.5, 0.6) is 5.75 Å². The van der Waals surface area contributed by atoms with E-state index in [0.717, 1.165) is 37.9 Å². The van der Waals surface area contributed by atoms with Gasteiger partial charge in [0, 0.05) is 44.8 Å². The number of phenols is 1. The molecule has 0 radical (unpaired) electrons. The number of ether oxygens (including phenoxy) is 3. The maximum absolute atomic E-state index is 10.1. The maximum atomic E-state index is 10.1. The van der Waals surface area contributed by atoms with E-state index in [0.29, 0.717) is 18.3 Å². The molecule has 5 heteroatoms. The fraction of sp³-hybridized carbons (Fsp3) is 0.419. The monoisotopic (exact) mass is 485 g/mol. The summed E-state index contributed by atoms with van der Waals surface area (Å²) < 4.78 is 17.5. The number of rotatable bonds is 6. The molecular formula is C31H35NO4. The van der Waals surface area contributed by atoms with Gasteiger partial charge in [0.25, 0.3) is 0 Å². The second-order valence-corrected chi connectivity index (χ2v) is 10.4. The normalized spacial score (nSPS) is 21.7. The molecule has 2 atom stereocenters. The van der Waals surface area contributed by atoms with E-state index in [2.05, 4.69) is 53.4 Å². The Bertz CT molecular complexity index is 1210. The van der Waals surface area contributed by atoms with Gasteiger partial charge >= 0.3 is 0 Å². The van der Waals surface area contributed by atoms with Gasteiger partial charge in [-0.1, -0.05) is 36.4 Å². The van der Waals surface area contributed by atoms with Gasteiger partial charge in [0.15, 0.2) is 6.29 Å². The number of hydrogen-bond acceptors (Lipinski definition) is 5. The first-order chi connectivity index (χ1) is 17.6. The van der Waals surface area contributed by atoms with Crippen molar-refractivity contribution in [2.75, 3.05) is 32.2 Å². The molecule has 0 saturated carbocycles. The minimum Gasteiger partial charge on any atom is -0.508 e. The number of aromatic hydroxyl groups is 1. The molecule has 3 aromatic carbocycles. The summed E-state index contributed by atoms with van der Waals surface area (Å²) in [6.45, 7) is 2.51. The molecule has 2 aliphatic heterocycles. The highest BCUT2D eigenvalue weighted by Crippen LogP contribution is 2.46. The largest absolute Gasteiger partial charge is 0.508 e. The summed E-state index contributed by atoms with van der Waals surface area (Å²) >= 11 is 0. The highest BCUT2D eigenvalue weighted by Gasteiger charge is 2.34. The Labute approximate surface area is 213 Å². The average molecular weight is 486 g/mol. The van der Waals surface area contributed by atoms with E-state index in [1.165, 1.54) is 39.9 Å². The van der Waals surface area contributed by atoms with Gasteiger partial charge in [-0.3, -0.25) is 0 Å². The predicted octanol–water partition coefficient (Wildman–Crippen LogP) is 5.73. The molecule has 3 aliphatic rings. The number of anilines is 1. The van der Waals surface area contributed by atoms with E-state index in [9.17, 15) is 5.11 Å². The summed E-state index contributed by atoms with van der Waals surface area (Å²) in [7, 11) is 3.45. The standard InChI is InChI=1S/C31H35NO4/c1-34-31(35-2)22-13-15-32(16-14-22)26-9-7-21(8-10-26)29-28-12-11-27(33)18-25(28)19-36-30(29)24-6-4-20-3-5-23(20)17-24/h4,6-12,17-18,22,29-31,33H,3,5,13-16,19H2,1-2H3. The van der Waals surface area contributed by atoms with Crippen molar-refractivity contribution in [3.63, 3.8) is 0 Å². The molecule has 6 rings (SSSR count). The minimum absolute atomic E-state index is 0.0467. The molecule has 0 bridgehead atoms. The molecule has 2 heterocycles. The first-order valence-corrected chi connectivity index (χ1v) is 13.1. The third-order valence-electron chi connectivity index (χ3n) is 8.41. The van der Waals surface area contributed by atoms with E-state index in [1.54, 1.807) is 20.3 Å². The Morgan fingerprint density at radius 3 is 2.22 bits per heavy atom. The van der Waals surface area contributed by atoms with Crippen LogP contribution in [0.3, 0.4) is 0 Å². The number of phenolic OH excluding ortho intramolecular Hbond substituents is 1. The number of hydrogen-bond donors (Lipinski definition) is 1. The van der Waals surface area contributed by atoms with E-state index >= 15 is 0 Å². The van der Waals surface area contributed by atoms with Crippen molar-refractivity contribution in [3.8, 4) is 5.75 Å². The van der Waals surface area contributed by atoms with Gasteiger partial charge in [-0.25, -0.2) is 0 Å². The van der Waals surface area contributed by atoms with Crippen molar-refractivity contribution in [1.82, 2.24) is 0 Å². The fourth-order valence-electron chi connectivity index (χ4n) is 6.30. The van der Waals surface area contributed by atoms with Crippen LogP contribution in [-0.2, 0) is 33.7 Å². The lowest BCUT2D eigenvalue weighted by molar-refractivity contribution is -0.141. The quantitative estimate of drug-likeness (QED) is 0.452. The molecular weight excluding hydrogens is 450 g/mol. The molecule has 1 fully saturated rings. The maximum Gasteiger partial charge on any atom is 0.159 e. The first kappa shape index (κ1) is 23.5. The lowest BCUT2D eigenvalue weighted by atomic mass is 9.78. The zero-order valence-electron chi connectivity index (χ0n) is 21.2. The fourth-order valence-corrected chi connectivity index (χ4v) is 6.30. The van der Waals surface area contributed by atoms with E-state index in [-0.39, 0.29) is 18.3 Å².